The van der Waals surface area contributed by atoms with Gasteiger partial charge < -0.3 is 15.4 Å². The Morgan fingerprint density at radius 2 is 1.92 bits per heavy atom. The van der Waals surface area contributed by atoms with Gasteiger partial charge in [0.05, 0.1) is 23.2 Å². The number of hydrogen-bond acceptors (Lipinski definition) is 4. The molecule has 0 radical (unpaired) electrons. The Morgan fingerprint density at radius 3 is 2.69 bits per heavy atom. The Morgan fingerprint density at radius 1 is 1.15 bits per heavy atom. The highest BCUT2D eigenvalue weighted by atomic mass is 16.3. The number of aromatic nitrogens is 3. The SMILES string of the molecule is CCCCc1nc2c(N)nc3ccccc3c2n1CC1(O)CCCCC1. The molecule has 5 nitrogen and oxygen atoms in total. The molecule has 0 unspecified atom stereocenters. The van der Waals surface area contributed by atoms with Crippen molar-refractivity contribution in [3.63, 3.8) is 0 Å². The van der Waals surface area contributed by atoms with Crippen LogP contribution in [0, 0.1) is 0 Å². The van der Waals surface area contributed by atoms with Gasteiger partial charge >= 0.3 is 0 Å². The van der Waals surface area contributed by atoms with Crippen LogP contribution < -0.4 is 5.73 Å². The number of fused-ring (bicyclic) bond motifs is 3. The molecule has 5 heteroatoms. The quantitative estimate of drug-likeness (QED) is 0.721. The van der Waals surface area contributed by atoms with E-state index in [1.807, 2.05) is 18.2 Å². The van der Waals surface area contributed by atoms with Gasteiger partial charge in [0, 0.05) is 11.8 Å². The summed E-state index contributed by atoms with van der Waals surface area (Å²) in [6.07, 6.45) is 8.21. The van der Waals surface area contributed by atoms with Crippen molar-refractivity contribution in [2.24, 2.45) is 0 Å². The van der Waals surface area contributed by atoms with E-state index >= 15 is 0 Å². The third-order valence-corrected chi connectivity index (χ3v) is 5.68. The van der Waals surface area contributed by atoms with Crippen LogP contribution in [0.15, 0.2) is 24.3 Å². The summed E-state index contributed by atoms with van der Waals surface area (Å²) in [5.74, 6) is 1.50. The lowest BCUT2D eigenvalue weighted by atomic mass is 9.84. The molecule has 0 spiro atoms. The molecule has 3 N–H and O–H groups in total. The molecule has 0 saturated heterocycles. The number of aryl methyl sites for hydroxylation is 1. The van der Waals surface area contributed by atoms with Crippen molar-refractivity contribution < 1.29 is 5.11 Å². The van der Waals surface area contributed by atoms with Gasteiger partial charge in [0.1, 0.15) is 11.3 Å². The summed E-state index contributed by atoms with van der Waals surface area (Å²) in [4.78, 5) is 9.40. The molecule has 0 amide bonds. The third kappa shape index (κ3) is 3.05. The monoisotopic (exact) mass is 352 g/mol. The molecule has 0 bridgehead atoms. The zero-order valence-corrected chi connectivity index (χ0v) is 15.5. The maximum Gasteiger partial charge on any atom is 0.152 e. The number of nitrogen functional groups attached to an aromatic ring is 1. The molecule has 1 aromatic carbocycles. The second-order valence-electron chi connectivity index (χ2n) is 7.71. The highest BCUT2D eigenvalue weighted by Crippen LogP contribution is 2.34. The Kier molecular flexibility index (Phi) is 4.57. The predicted octanol–water partition coefficient (Wildman–Crippen LogP) is 4.20. The summed E-state index contributed by atoms with van der Waals surface area (Å²) in [5, 5.41) is 12.3. The normalized spacial score (nSPS) is 17.2. The first kappa shape index (κ1) is 17.3. The number of nitrogens with zero attached hydrogens (tertiary/aromatic N) is 3. The Balaban J connectivity index is 1.91. The number of aliphatic hydroxyl groups is 1. The molecule has 0 atom stereocenters. The van der Waals surface area contributed by atoms with Crippen LogP contribution in [0.1, 0.15) is 57.7 Å². The fourth-order valence-corrected chi connectivity index (χ4v) is 4.26. The van der Waals surface area contributed by atoms with Crippen LogP contribution >= 0.6 is 0 Å². The van der Waals surface area contributed by atoms with Gasteiger partial charge in [-0.2, -0.15) is 0 Å². The second-order valence-corrected chi connectivity index (χ2v) is 7.71. The molecule has 2 heterocycles. The molecule has 2 aromatic heterocycles. The van der Waals surface area contributed by atoms with E-state index in [1.54, 1.807) is 0 Å². The molecule has 1 aliphatic rings. The number of unbranched alkanes of at least 4 members (excludes halogenated alkanes) is 1. The van der Waals surface area contributed by atoms with Crippen LogP contribution in [0.25, 0.3) is 21.9 Å². The standard InChI is InChI=1S/C21H28N4O/c1-2-3-11-17-24-18-19(15-9-5-6-10-16(15)23-20(18)22)25(17)14-21(26)12-7-4-8-13-21/h5-6,9-10,26H,2-4,7-8,11-14H2,1H3,(H2,22,23). The fourth-order valence-electron chi connectivity index (χ4n) is 4.26. The fraction of sp³-hybridized carbons (Fsp3) is 0.524. The lowest BCUT2D eigenvalue weighted by molar-refractivity contribution is -0.0111. The highest BCUT2D eigenvalue weighted by Gasteiger charge is 2.31. The number of nitrogens with two attached hydrogens (primary N) is 1. The van der Waals surface area contributed by atoms with Gasteiger partial charge in [-0.05, 0) is 25.3 Å². The lowest BCUT2D eigenvalue weighted by Crippen LogP contribution is -2.36. The molecule has 1 saturated carbocycles. The molecule has 138 valence electrons. The summed E-state index contributed by atoms with van der Waals surface area (Å²) in [5.41, 5.74) is 8.29. The zero-order chi connectivity index (χ0) is 18.1. The summed E-state index contributed by atoms with van der Waals surface area (Å²) in [6.45, 7) is 2.78. The van der Waals surface area contributed by atoms with E-state index in [2.05, 4.69) is 22.5 Å². The number of hydrogen-bond donors (Lipinski definition) is 2. The van der Waals surface area contributed by atoms with Gasteiger partial charge in [0.15, 0.2) is 5.82 Å². The van der Waals surface area contributed by atoms with Gasteiger partial charge in [-0.15, -0.1) is 0 Å². The first-order valence-corrected chi connectivity index (χ1v) is 9.87. The van der Waals surface area contributed by atoms with Crippen molar-refractivity contribution in [1.29, 1.82) is 0 Å². The molecule has 4 rings (SSSR count). The first-order chi connectivity index (χ1) is 12.6. The largest absolute Gasteiger partial charge is 0.388 e. The van der Waals surface area contributed by atoms with Crippen molar-refractivity contribution in [2.45, 2.75) is 70.4 Å². The molecule has 3 aromatic rings. The average Bonchev–Trinajstić information content (AvgIpc) is 2.99. The van der Waals surface area contributed by atoms with Gasteiger partial charge in [0.2, 0.25) is 0 Å². The number of rotatable bonds is 5. The minimum atomic E-state index is -0.647. The van der Waals surface area contributed by atoms with Gasteiger partial charge in [-0.1, -0.05) is 50.8 Å². The van der Waals surface area contributed by atoms with E-state index in [9.17, 15) is 5.11 Å². The minimum absolute atomic E-state index is 0.478. The van der Waals surface area contributed by atoms with E-state index in [4.69, 9.17) is 10.7 Å². The lowest BCUT2D eigenvalue weighted by Gasteiger charge is -2.33. The number of anilines is 1. The molecular formula is C21H28N4O. The van der Waals surface area contributed by atoms with Gasteiger partial charge in [0.25, 0.3) is 0 Å². The second kappa shape index (κ2) is 6.88. The van der Waals surface area contributed by atoms with E-state index < -0.39 is 5.60 Å². The van der Waals surface area contributed by atoms with Crippen LogP contribution in [0.2, 0.25) is 0 Å². The van der Waals surface area contributed by atoms with E-state index in [1.165, 1.54) is 6.42 Å². The van der Waals surface area contributed by atoms with Crippen molar-refractivity contribution in [3.8, 4) is 0 Å². The van der Waals surface area contributed by atoms with Crippen molar-refractivity contribution >= 4 is 27.8 Å². The maximum absolute atomic E-state index is 11.2. The van der Waals surface area contributed by atoms with Crippen molar-refractivity contribution in [2.75, 3.05) is 5.73 Å². The average molecular weight is 352 g/mol. The van der Waals surface area contributed by atoms with Crippen LogP contribution in [0.4, 0.5) is 5.82 Å². The molecule has 26 heavy (non-hydrogen) atoms. The number of imidazole rings is 1. The highest BCUT2D eigenvalue weighted by molar-refractivity contribution is 6.06. The topological polar surface area (TPSA) is 77.0 Å². The smallest absolute Gasteiger partial charge is 0.152 e. The van der Waals surface area contributed by atoms with E-state index in [0.29, 0.717) is 12.4 Å². The summed E-state index contributed by atoms with van der Waals surface area (Å²) < 4.78 is 2.23. The summed E-state index contributed by atoms with van der Waals surface area (Å²) in [6, 6.07) is 8.08. The molecule has 0 aliphatic heterocycles. The van der Waals surface area contributed by atoms with Crippen LogP contribution in [0.3, 0.4) is 0 Å². The minimum Gasteiger partial charge on any atom is -0.388 e. The number of para-hydroxylation sites is 1. The number of pyridine rings is 1. The molecular weight excluding hydrogens is 324 g/mol. The van der Waals surface area contributed by atoms with Crippen LogP contribution in [-0.4, -0.2) is 25.2 Å². The number of benzene rings is 1. The Bertz CT molecular complexity index is 925. The van der Waals surface area contributed by atoms with Crippen LogP contribution in [-0.2, 0) is 13.0 Å². The van der Waals surface area contributed by atoms with E-state index in [0.717, 1.165) is 72.7 Å². The maximum atomic E-state index is 11.2. The first-order valence-electron chi connectivity index (χ1n) is 9.87. The van der Waals surface area contributed by atoms with Gasteiger partial charge in [-0.3, -0.25) is 0 Å². The Hall–Kier alpha value is -2.14. The third-order valence-electron chi connectivity index (χ3n) is 5.68. The van der Waals surface area contributed by atoms with Gasteiger partial charge in [-0.25, -0.2) is 9.97 Å². The van der Waals surface area contributed by atoms with Crippen molar-refractivity contribution in [3.05, 3.63) is 30.1 Å². The Labute approximate surface area is 154 Å². The zero-order valence-electron chi connectivity index (χ0n) is 15.5. The van der Waals surface area contributed by atoms with E-state index in [-0.39, 0.29) is 0 Å². The summed E-state index contributed by atoms with van der Waals surface area (Å²) >= 11 is 0. The predicted molar refractivity (Wildman–Crippen MR) is 106 cm³/mol. The summed E-state index contributed by atoms with van der Waals surface area (Å²) in [7, 11) is 0. The van der Waals surface area contributed by atoms with Crippen molar-refractivity contribution in [1.82, 2.24) is 14.5 Å². The molecule has 1 aliphatic carbocycles. The molecule has 1 fully saturated rings. The van der Waals surface area contributed by atoms with Crippen LogP contribution in [0.5, 0.6) is 0 Å².